The second-order valence-corrected chi connectivity index (χ2v) is 9.04. The summed E-state index contributed by atoms with van der Waals surface area (Å²) in [6.45, 7) is 3.18. The van der Waals surface area contributed by atoms with E-state index in [4.69, 9.17) is 9.84 Å². The van der Waals surface area contributed by atoms with E-state index in [1.54, 1.807) is 7.11 Å². The first kappa shape index (κ1) is 24.8. The fourth-order valence-electron chi connectivity index (χ4n) is 5.06. The van der Waals surface area contributed by atoms with Gasteiger partial charge in [0.05, 0.1) is 7.11 Å². The third kappa shape index (κ3) is 7.61. The zero-order valence-corrected chi connectivity index (χ0v) is 19.8. The number of rotatable bonds is 14. The number of nitrogens with zero attached hydrogens (tertiary/aromatic N) is 1. The summed E-state index contributed by atoms with van der Waals surface area (Å²) in [7, 11) is 1.74. The van der Waals surface area contributed by atoms with Gasteiger partial charge in [-0.05, 0) is 43.9 Å². The van der Waals surface area contributed by atoms with E-state index < -0.39 is 0 Å². The van der Waals surface area contributed by atoms with E-state index in [2.05, 4.69) is 52.7 Å². The van der Waals surface area contributed by atoms with E-state index in [0.29, 0.717) is 18.7 Å². The lowest BCUT2D eigenvalue weighted by Gasteiger charge is -2.40. The largest absolute Gasteiger partial charge is 0.496 e. The van der Waals surface area contributed by atoms with Crippen molar-refractivity contribution in [2.24, 2.45) is 0 Å². The zero-order chi connectivity index (χ0) is 22.4. The molecule has 0 bridgehead atoms. The van der Waals surface area contributed by atoms with Crippen molar-refractivity contribution in [1.82, 2.24) is 10.2 Å². The molecule has 1 atom stereocenters. The number of hydrogen-bond donors (Lipinski definition) is 2. The summed E-state index contributed by atoms with van der Waals surface area (Å²) in [4.78, 5) is 2.79. The van der Waals surface area contributed by atoms with Crippen LogP contribution in [0.2, 0.25) is 0 Å². The highest BCUT2D eigenvalue weighted by Gasteiger charge is 2.28. The number of ether oxygens (including phenoxy) is 1. The first-order valence-electron chi connectivity index (χ1n) is 12.6. The first-order chi connectivity index (χ1) is 15.8. The highest BCUT2D eigenvalue weighted by molar-refractivity contribution is 5.33. The maximum Gasteiger partial charge on any atom is 0.123 e. The van der Waals surface area contributed by atoms with E-state index in [-0.39, 0.29) is 0 Å². The lowest BCUT2D eigenvalue weighted by molar-refractivity contribution is 0.0987. The van der Waals surface area contributed by atoms with Crippen molar-refractivity contribution in [3.63, 3.8) is 0 Å². The molecule has 4 heteroatoms. The van der Waals surface area contributed by atoms with Crippen LogP contribution in [-0.4, -0.2) is 42.9 Å². The fraction of sp³-hybridized carbons (Fsp3) is 0.571. The maximum atomic E-state index is 9.12. The van der Waals surface area contributed by atoms with Crippen LogP contribution >= 0.6 is 0 Å². The predicted octanol–water partition coefficient (Wildman–Crippen LogP) is 5.71. The zero-order valence-electron chi connectivity index (χ0n) is 19.8. The Morgan fingerprint density at radius 3 is 2.41 bits per heavy atom. The Morgan fingerprint density at radius 2 is 1.66 bits per heavy atom. The molecule has 2 N–H and O–H groups in total. The van der Waals surface area contributed by atoms with Crippen molar-refractivity contribution < 1.29 is 9.84 Å². The Morgan fingerprint density at radius 1 is 0.938 bits per heavy atom. The fourth-order valence-corrected chi connectivity index (χ4v) is 5.06. The van der Waals surface area contributed by atoms with Gasteiger partial charge in [-0.3, -0.25) is 4.90 Å². The van der Waals surface area contributed by atoms with E-state index in [1.807, 2.05) is 12.1 Å². The van der Waals surface area contributed by atoms with Crippen LogP contribution in [0.15, 0.2) is 54.6 Å². The molecule has 1 saturated carbocycles. The van der Waals surface area contributed by atoms with Crippen molar-refractivity contribution in [2.75, 3.05) is 26.8 Å². The number of unbranched alkanes of at least 4 members (excludes halogenated alkanes) is 3. The molecule has 0 spiro atoms. The van der Waals surface area contributed by atoms with Gasteiger partial charge < -0.3 is 15.2 Å². The van der Waals surface area contributed by atoms with Crippen LogP contribution in [0.4, 0.5) is 0 Å². The number of methoxy groups -OCH3 is 1. The van der Waals surface area contributed by atoms with E-state index >= 15 is 0 Å². The molecule has 1 aliphatic carbocycles. The van der Waals surface area contributed by atoms with Gasteiger partial charge in [-0.25, -0.2) is 0 Å². The molecule has 0 aliphatic heterocycles. The van der Waals surface area contributed by atoms with Gasteiger partial charge >= 0.3 is 0 Å². The highest BCUT2D eigenvalue weighted by Crippen LogP contribution is 2.31. The van der Waals surface area contributed by atoms with Crippen LogP contribution < -0.4 is 10.1 Å². The Balaban J connectivity index is 1.72. The topological polar surface area (TPSA) is 44.7 Å². The summed E-state index contributed by atoms with van der Waals surface area (Å²) in [5.74, 6) is 0.948. The quantitative estimate of drug-likeness (QED) is 0.371. The van der Waals surface area contributed by atoms with Gasteiger partial charge in [-0.15, -0.1) is 0 Å². The Bertz CT molecular complexity index is 746. The van der Waals surface area contributed by atoms with E-state index in [0.717, 1.165) is 38.2 Å². The van der Waals surface area contributed by atoms with Gasteiger partial charge in [-0.2, -0.15) is 0 Å². The molecule has 0 saturated heterocycles. The maximum absolute atomic E-state index is 9.12. The van der Waals surface area contributed by atoms with Gasteiger partial charge in [0.1, 0.15) is 5.75 Å². The number of aliphatic hydroxyl groups is 1. The summed E-state index contributed by atoms with van der Waals surface area (Å²) in [6, 6.07) is 20.3. The summed E-state index contributed by atoms with van der Waals surface area (Å²) >= 11 is 0. The van der Waals surface area contributed by atoms with Crippen LogP contribution in [0.5, 0.6) is 5.75 Å². The average Bonchev–Trinajstić information content (AvgIpc) is 2.86. The minimum absolute atomic E-state index is 0.311. The highest BCUT2D eigenvalue weighted by atomic mass is 16.5. The molecule has 3 rings (SSSR count). The summed E-state index contributed by atoms with van der Waals surface area (Å²) < 4.78 is 5.55. The van der Waals surface area contributed by atoms with Gasteiger partial charge in [0.2, 0.25) is 0 Å². The van der Waals surface area contributed by atoms with Crippen molar-refractivity contribution in [3.05, 3.63) is 65.7 Å². The van der Waals surface area contributed by atoms with Crippen LogP contribution in [-0.2, 0) is 6.54 Å². The van der Waals surface area contributed by atoms with Crippen molar-refractivity contribution >= 4 is 0 Å². The Kier molecular flexibility index (Phi) is 11.1. The SMILES string of the molecule is COc1ccccc1CNCC(c1ccccc1)N(CCCCCCO)C1CCCCC1. The standard InChI is InChI=1S/C28H42N2O2/c1-32-28-19-11-10-16-25(28)22-29-23-27(24-14-6-4-7-15-24)30(20-12-2-3-13-21-31)26-17-8-5-9-18-26/h4,6-7,10-11,14-16,19,26-27,29,31H,2-3,5,8-9,12-13,17-18,20-23H2,1H3. The molecule has 0 aromatic heterocycles. The molecule has 1 aliphatic rings. The summed E-state index contributed by atoms with van der Waals surface area (Å²) in [5, 5.41) is 12.9. The van der Waals surface area contributed by atoms with Crippen LogP contribution in [0.1, 0.15) is 75.0 Å². The molecule has 2 aromatic rings. The molecular weight excluding hydrogens is 396 g/mol. The summed E-state index contributed by atoms with van der Waals surface area (Å²) in [6.07, 6.45) is 11.1. The number of benzene rings is 2. The molecule has 1 fully saturated rings. The molecule has 0 amide bonds. The van der Waals surface area contributed by atoms with Gasteiger partial charge in [0.25, 0.3) is 0 Å². The minimum Gasteiger partial charge on any atom is -0.496 e. The van der Waals surface area contributed by atoms with Gasteiger partial charge in [-0.1, -0.05) is 80.6 Å². The Labute approximate surface area is 195 Å². The van der Waals surface area contributed by atoms with Gasteiger partial charge in [0.15, 0.2) is 0 Å². The molecule has 0 heterocycles. The molecule has 176 valence electrons. The molecule has 0 radical (unpaired) electrons. The molecule has 32 heavy (non-hydrogen) atoms. The second-order valence-electron chi connectivity index (χ2n) is 9.04. The Hall–Kier alpha value is -1.88. The van der Waals surface area contributed by atoms with Crippen LogP contribution in [0, 0.1) is 0 Å². The molecular formula is C28H42N2O2. The number of para-hydroxylation sites is 1. The number of hydrogen-bond acceptors (Lipinski definition) is 4. The van der Waals surface area contributed by atoms with Crippen LogP contribution in [0.3, 0.4) is 0 Å². The van der Waals surface area contributed by atoms with Crippen molar-refractivity contribution in [3.8, 4) is 5.75 Å². The van der Waals surface area contributed by atoms with Crippen LogP contribution in [0.25, 0.3) is 0 Å². The van der Waals surface area contributed by atoms with E-state index in [1.165, 1.54) is 56.1 Å². The van der Waals surface area contributed by atoms with Gasteiger partial charge in [0, 0.05) is 37.3 Å². The molecule has 2 aromatic carbocycles. The lowest BCUT2D eigenvalue weighted by atomic mass is 9.91. The predicted molar refractivity (Wildman–Crippen MR) is 133 cm³/mol. The lowest BCUT2D eigenvalue weighted by Crippen LogP contribution is -2.44. The smallest absolute Gasteiger partial charge is 0.123 e. The van der Waals surface area contributed by atoms with Crippen molar-refractivity contribution in [2.45, 2.75) is 76.4 Å². The molecule has 4 nitrogen and oxygen atoms in total. The number of aliphatic hydroxyl groups excluding tert-OH is 1. The summed E-state index contributed by atoms with van der Waals surface area (Å²) in [5.41, 5.74) is 2.61. The minimum atomic E-state index is 0.311. The van der Waals surface area contributed by atoms with Crippen molar-refractivity contribution in [1.29, 1.82) is 0 Å². The third-order valence-electron chi connectivity index (χ3n) is 6.80. The number of nitrogens with one attached hydrogen (secondary N) is 1. The second kappa shape index (κ2) is 14.3. The normalized spacial score (nSPS) is 15.7. The first-order valence-corrected chi connectivity index (χ1v) is 12.6. The molecule has 1 unspecified atom stereocenters. The third-order valence-corrected chi connectivity index (χ3v) is 6.80. The average molecular weight is 439 g/mol. The van der Waals surface area contributed by atoms with E-state index in [9.17, 15) is 0 Å². The monoisotopic (exact) mass is 438 g/mol.